The van der Waals surface area contributed by atoms with Crippen LogP contribution in [0.4, 0.5) is 0 Å². The van der Waals surface area contributed by atoms with Gasteiger partial charge in [0, 0.05) is 29.3 Å². The van der Waals surface area contributed by atoms with Crippen LogP contribution in [-0.4, -0.2) is 34.3 Å². The summed E-state index contributed by atoms with van der Waals surface area (Å²) in [6.45, 7) is 4.23. The van der Waals surface area contributed by atoms with Gasteiger partial charge in [-0.15, -0.1) is 0 Å². The van der Waals surface area contributed by atoms with E-state index >= 15 is 0 Å². The number of benzene rings is 3. The predicted octanol–water partition coefficient (Wildman–Crippen LogP) is 3.56. The van der Waals surface area contributed by atoms with Crippen molar-refractivity contribution in [1.29, 1.82) is 0 Å². The first kappa shape index (κ1) is 28.3. The molecule has 0 aliphatic heterocycles. The van der Waals surface area contributed by atoms with E-state index < -0.39 is 24.0 Å². The fourth-order valence-corrected chi connectivity index (χ4v) is 3.39. The molecule has 0 aliphatic rings. The summed E-state index contributed by atoms with van der Waals surface area (Å²) < 4.78 is 0. The molecule has 0 spiro atoms. The lowest BCUT2D eigenvalue weighted by Crippen LogP contribution is -2.51. The molecule has 188 valence electrons. The van der Waals surface area contributed by atoms with Gasteiger partial charge in [0.15, 0.2) is 0 Å². The number of amides is 2. The Morgan fingerprint density at radius 2 is 1.42 bits per heavy atom. The summed E-state index contributed by atoms with van der Waals surface area (Å²) in [6.07, 6.45) is -1.18. The van der Waals surface area contributed by atoms with Gasteiger partial charge in [-0.2, -0.15) is 0 Å². The van der Waals surface area contributed by atoms with Gasteiger partial charge in [0.1, 0.15) is 6.04 Å². The Hall–Kier alpha value is -3.96. The minimum Gasteiger partial charge on any atom is -0.391 e. The molecule has 0 bridgehead atoms. The van der Waals surface area contributed by atoms with E-state index in [1.165, 1.54) is 23.5 Å². The summed E-state index contributed by atoms with van der Waals surface area (Å²) in [5.41, 5.74) is 5.75. The van der Waals surface area contributed by atoms with E-state index in [9.17, 15) is 14.7 Å². The third-order valence-corrected chi connectivity index (χ3v) is 5.53. The fraction of sp³-hybridized carbons (Fsp3) is 0.241. The monoisotopic (exact) mass is 487 g/mol. The third kappa shape index (κ3) is 8.07. The molecule has 3 aromatic rings. The lowest BCUT2D eigenvalue weighted by atomic mass is 10.1. The molecule has 0 unspecified atom stereocenters. The second-order valence-electron chi connectivity index (χ2n) is 8.21. The SMILES string of the molecule is C.C[C@@H](NCc1ccc(C#Cc2ccc(C(=O)N[C@H](C(=O)NO)[C@@H](C)O)cc2)cc1)c1ccccc1. The van der Waals surface area contributed by atoms with E-state index in [1.807, 2.05) is 42.5 Å². The Kier molecular flexibility index (Phi) is 10.8. The molecule has 2 amide bonds. The van der Waals surface area contributed by atoms with Crippen LogP contribution in [0, 0.1) is 11.8 Å². The second kappa shape index (κ2) is 13.8. The molecule has 0 heterocycles. The fourth-order valence-electron chi connectivity index (χ4n) is 3.39. The first-order valence-electron chi connectivity index (χ1n) is 11.3. The molecular formula is C29H33N3O4. The number of carbonyl (C=O) groups is 2. The normalized spacial score (nSPS) is 12.7. The second-order valence-corrected chi connectivity index (χ2v) is 8.21. The molecule has 0 aliphatic carbocycles. The molecule has 3 atom stereocenters. The maximum absolute atomic E-state index is 12.4. The maximum Gasteiger partial charge on any atom is 0.268 e. The van der Waals surface area contributed by atoms with Crippen LogP contribution in [0.5, 0.6) is 0 Å². The zero-order valence-electron chi connectivity index (χ0n) is 19.7. The lowest BCUT2D eigenvalue weighted by Gasteiger charge is -2.19. The first-order chi connectivity index (χ1) is 16.9. The smallest absolute Gasteiger partial charge is 0.268 e. The molecule has 3 aromatic carbocycles. The van der Waals surface area contributed by atoms with Crippen molar-refractivity contribution in [3.8, 4) is 11.8 Å². The summed E-state index contributed by atoms with van der Waals surface area (Å²) in [5, 5.41) is 24.3. The highest BCUT2D eigenvalue weighted by Crippen LogP contribution is 2.13. The largest absolute Gasteiger partial charge is 0.391 e. The average Bonchev–Trinajstić information content (AvgIpc) is 2.89. The van der Waals surface area contributed by atoms with Gasteiger partial charge in [0.05, 0.1) is 6.10 Å². The Balaban J connectivity index is 0.00000456. The van der Waals surface area contributed by atoms with Gasteiger partial charge in [-0.1, -0.05) is 61.7 Å². The molecule has 7 nitrogen and oxygen atoms in total. The highest BCUT2D eigenvalue weighted by Gasteiger charge is 2.25. The standard InChI is InChI=1S/C28H29N3O4.CH4/c1-19(24-6-4-3-5-7-24)29-18-23-12-10-21(11-13-23)8-9-22-14-16-25(17-15-22)27(33)30-26(20(2)32)28(34)31-35;/h3-7,10-17,19-20,26,29,32,35H,18H2,1-2H3,(H,30,33)(H,31,34);1H4/t19-,20-,26+;/m1./s1. The Labute approximate surface area is 212 Å². The number of nitrogens with one attached hydrogen (secondary N) is 3. The molecule has 0 radical (unpaired) electrons. The molecule has 3 rings (SSSR count). The van der Waals surface area contributed by atoms with Gasteiger partial charge in [0.2, 0.25) is 0 Å². The van der Waals surface area contributed by atoms with Gasteiger partial charge < -0.3 is 15.7 Å². The summed E-state index contributed by atoms with van der Waals surface area (Å²) in [5.74, 6) is 4.73. The van der Waals surface area contributed by atoms with E-state index in [2.05, 4.69) is 41.5 Å². The first-order valence-corrected chi connectivity index (χ1v) is 11.3. The van der Waals surface area contributed by atoms with Crippen molar-refractivity contribution in [2.75, 3.05) is 0 Å². The molecule has 0 saturated carbocycles. The molecule has 0 aromatic heterocycles. The minimum absolute atomic E-state index is 0. The van der Waals surface area contributed by atoms with Crippen molar-refractivity contribution < 1.29 is 19.9 Å². The zero-order chi connectivity index (χ0) is 25.2. The topological polar surface area (TPSA) is 111 Å². The third-order valence-electron chi connectivity index (χ3n) is 5.53. The Morgan fingerprint density at radius 3 is 1.94 bits per heavy atom. The number of rotatable bonds is 8. The maximum atomic E-state index is 12.4. The summed E-state index contributed by atoms with van der Waals surface area (Å²) in [7, 11) is 0. The van der Waals surface area contributed by atoms with Crippen molar-refractivity contribution in [1.82, 2.24) is 16.1 Å². The predicted molar refractivity (Wildman–Crippen MR) is 140 cm³/mol. The van der Waals surface area contributed by atoms with Crippen molar-refractivity contribution in [2.45, 2.75) is 46.0 Å². The molecule has 36 heavy (non-hydrogen) atoms. The van der Waals surface area contributed by atoms with E-state index in [0.29, 0.717) is 5.56 Å². The molecule has 7 heteroatoms. The van der Waals surface area contributed by atoms with E-state index in [1.54, 1.807) is 24.3 Å². The summed E-state index contributed by atoms with van der Waals surface area (Å²) in [4.78, 5) is 23.9. The van der Waals surface area contributed by atoms with Crippen molar-refractivity contribution >= 4 is 11.8 Å². The van der Waals surface area contributed by atoms with Crippen molar-refractivity contribution in [2.24, 2.45) is 0 Å². The highest BCUT2D eigenvalue weighted by atomic mass is 16.5. The molecule has 0 fully saturated rings. The number of carbonyl (C=O) groups excluding carboxylic acids is 2. The average molecular weight is 488 g/mol. The quantitative estimate of drug-likeness (QED) is 0.190. The van der Waals surface area contributed by atoms with E-state index in [0.717, 1.165) is 17.7 Å². The summed E-state index contributed by atoms with van der Waals surface area (Å²) >= 11 is 0. The van der Waals surface area contributed by atoms with Gasteiger partial charge in [-0.3, -0.25) is 14.8 Å². The zero-order valence-corrected chi connectivity index (χ0v) is 19.7. The van der Waals surface area contributed by atoms with Gasteiger partial charge in [-0.25, -0.2) is 5.48 Å². The van der Waals surface area contributed by atoms with Crippen LogP contribution in [0.25, 0.3) is 0 Å². The highest BCUT2D eigenvalue weighted by molar-refractivity contribution is 5.97. The molecular weight excluding hydrogens is 454 g/mol. The van der Waals surface area contributed by atoms with Gasteiger partial charge in [-0.05, 0) is 61.4 Å². The minimum atomic E-state index is -1.27. The van der Waals surface area contributed by atoms with Crippen LogP contribution < -0.4 is 16.1 Å². The Bertz CT molecular complexity index is 1180. The van der Waals surface area contributed by atoms with Crippen molar-refractivity contribution in [3.63, 3.8) is 0 Å². The van der Waals surface area contributed by atoms with Crippen LogP contribution in [0.15, 0.2) is 78.9 Å². The number of hydroxylamine groups is 1. The molecule has 0 saturated heterocycles. The summed E-state index contributed by atoms with van der Waals surface area (Å²) in [6, 6.07) is 23.9. The van der Waals surface area contributed by atoms with E-state index in [4.69, 9.17) is 5.21 Å². The van der Waals surface area contributed by atoms with Gasteiger partial charge in [0.25, 0.3) is 11.8 Å². The van der Waals surface area contributed by atoms with Crippen LogP contribution in [0.3, 0.4) is 0 Å². The van der Waals surface area contributed by atoms with Crippen LogP contribution in [-0.2, 0) is 11.3 Å². The van der Waals surface area contributed by atoms with Gasteiger partial charge >= 0.3 is 0 Å². The van der Waals surface area contributed by atoms with Crippen LogP contribution in [0.2, 0.25) is 0 Å². The number of aliphatic hydroxyl groups excluding tert-OH is 1. The van der Waals surface area contributed by atoms with Crippen LogP contribution in [0.1, 0.15) is 59.9 Å². The van der Waals surface area contributed by atoms with E-state index in [-0.39, 0.29) is 13.5 Å². The number of aliphatic hydroxyl groups is 1. The van der Waals surface area contributed by atoms with Crippen molar-refractivity contribution in [3.05, 3.63) is 107 Å². The molecule has 5 N–H and O–H groups in total. The lowest BCUT2D eigenvalue weighted by molar-refractivity contribution is -0.133. The number of hydrogen-bond acceptors (Lipinski definition) is 5. The van der Waals surface area contributed by atoms with Crippen LogP contribution >= 0.6 is 0 Å². The number of hydrogen-bond donors (Lipinski definition) is 5. The Morgan fingerprint density at radius 1 is 0.861 bits per heavy atom.